The number of hydrogen-bond donors (Lipinski definition) is 2. The van der Waals surface area contributed by atoms with Crippen LogP contribution < -0.4 is 5.73 Å². The Hall–Kier alpha value is -2.39. The molecule has 100 valence electrons. The minimum absolute atomic E-state index is 0.470. The van der Waals surface area contributed by atoms with Gasteiger partial charge in [0.05, 0.1) is 6.10 Å². The fraction of sp³-hybridized carbons (Fsp3) is 0.118. The van der Waals surface area contributed by atoms with Gasteiger partial charge in [0, 0.05) is 12.6 Å². The van der Waals surface area contributed by atoms with Crippen molar-refractivity contribution in [2.75, 3.05) is 5.73 Å². The summed E-state index contributed by atoms with van der Waals surface area (Å²) in [4.78, 5) is 4.04. The average molecular weight is 264 g/mol. The number of nitrogens with zero attached hydrogens (tertiary/aromatic N) is 1. The number of aromatic nitrogens is 1. The van der Waals surface area contributed by atoms with Gasteiger partial charge in [-0.25, -0.2) is 4.98 Å². The molecule has 3 nitrogen and oxygen atoms in total. The molecule has 3 heteroatoms. The molecule has 0 spiro atoms. The van der Waals surface area contributed by atoms with Crippen molar-refractivity contribution in [1.82, 2.24) is 4.98 Å². The van der Waals surface area contributed by atoms with Gasteiger partial charge in [-0.1, -0.05) is 42.5 Å². The molecule has 1 atom stereocenters. The lowest BCUT2D eigenvalue weighted by molar-refractivity contribution is 0.178. The molecular weight excluding hydrogens is 248 g/mol. The maximum Gasteiger partial charge on any atom is 0.126 e. The minimum Gasteiger partial charge on any atom is -0.388 e. The summed E-state index contributed by atoms with van der Waals surface area (Å²) in [6, 6.07) is 17.8. The van der Waals surface area contributed by atoms with E-state index in [1.165, 1.54) is 5.39 Å². The van der Waals surface area contributed by atoms with E-state index < -0.39 is 6.10 Å². The Balaban J connectivity index is 1.89. The summed E-state index contributed by atoms with van der Waals surface area (Å²) >= 11 is 0. The van der Waals surface area contributed by atoms with Gasteiger partial charge in [0.15, 0.2) is 0 Å². The normalized spacial score (nSPS) is 12.4. The van der Waals surface area contributed by atoms with Crippen molar-refractivity contribution in [2.45, 2.75) is 12.5 Å². The summed E-state index contributed by atoms with van der Waals surface area (Å²) in [5.74, 6) is 0.479. The van der Waals surface area contributed by atoms with E-state index >= 15 is 0 Å². The molecule has 0 radical (unpaired) electrons. The van der Waals surface area contributed by atoms with Gasteiger partial charge in [0.2, 0.25) is 0 Å². The van der Waals surface area contributed by atoms with E-state index in [-0.39, 0.29) is 0 Å². The maximum absolute atomic E-state index is 10.4. The number of benzene rings is 2. The summed E-state index contributed by atoms with van der Waals surface area (Å²) in [5, 5.41) is 12.7. The van der Waals surface area contributed by atoms with Crippen LogP contribution in [0.5, 0.6) is 0 Å². The SMILES string of the molecule is Nc1ncccc1CC(O)c1ccc2ccccc2c1. The number of anilines is 1. The lowest BCUT2D eigenvalue weighted by Gasteiger charge is -2.13. The highest BCUT2D eigenvalue weighted by Crippen LogP contribution is 2.24. The van der Waals surface area contributed by atoms with Gasteiger partial charge < -0.3 is 10.8 Å². The molecule has 1 heterocycles. The average Bonchev–Trinajstić information content (AvgIpc) is 2.49. The van der Waals surface area contributed by atoms with Gasteiger partial charge in [0.25, 0.3) is 0 Å². The zero-order valence-electron chi connectivity index (χ0n) is 11.0. The molecule has 2 aromatic carbocycles. The third-order valence-corrected chi connectivity index (χ3v) is 3.50. The molecule has 3 rings (SSSR count). The van der Waals surface area contributed by atoms with Crippen LogP contribution in [0.25, 0.3) is 10.8 Å². The lowest BCUT2D eigenvalue weighted by atomic mass is 9.99. The fourth-order valence-electron chi connectivity index (χ4n) is 2.36. The molecule has 0 aliphatic rings. The predicted octanol–water partition coefficient (Wildman–Crippen LogP) is 3.09. The number of pyridine rings is 1. The molecular formula is C17H16N2O. The zero-order chi connectivity index (χ0) is 13.9. The fourth-order valence-corrected chi connectivity index (χ4v) is 2.36. The molecule has 1 unspecified atom stereocenters. The van der Waals surface area contributed by atoms with Gasteiger partial charge in [-0.2, -0.15) is 0 Å². The molecule has 0 bridgehead atoms. The molecule has 1 aromatic heterocycles. The Morgan fingerprint density at radius 2 is 1.80 bits per heavy atom. The van der Waals surface area contributed by atoms with Crippen LogP contribution in [0.3, 0.4) is 0 Å². The number of aliphatic hydroxyl groups is 1. The highest BCUT2D eigenvalue weighted by atomic mass is 16.3. The van der Waals surface area contributed by atoms with Crippen molar-refractivity contribution in [3.63, 3.8) is 0 Å². The third-order valence-electron chi connectivity index (χ3n) is 3.50. The van der Waals surface area contributed by atoms with E-state index in [0.29, 0.717) is 12.2 Å². The van der Waals surface area contributed by atoms with E-state index in [2.05, 4.69) is 11.1 Å². The van der Waals surface area contributed by atoms with E-state index in [0.717, 1.165) is 16.5 Å². The molecule has 0 saturated heterocycles. The Morgan fingerprint density at radius 3 is 2.60 bits per heavy atom. The summed E-state index contributed by atoms with van der Waals surface area (Å²) in [7, 11) is 0. The first-order valence-electron chi connectivity index (χ1n) is 6.60. The Labute approximate surface area is 117 Å². The number of aliphatic hydroxyl groups excluding tert-OH is 1. The minimum atomic E-state index is -0.578. The van der Waals surface area contributed by atoms with Crippen LogP contribution in [-0.2, 0) is 6.42 Å². The van der Waals surface area contributed by atoms with Gasteiger partial charge in [-0.3, -0.25) is 0 Å². The standard InChI is InChI=1S/C17H16N2O/c18-17-15(6-3-9-19-17)11-16(20)14-8-7-12-4-1-2-5-13(12)10-14/h1-10,16,20H,11H2,(H2,18,19). The van der Waals surface area contributed by atoms with Gasteiger partial charge in [-0.05, 0) is 34.0 Å². The first-order valence-corrected chi connectivity index (χ1v) is 6.60. The Morgan fingerprint density at radius 1 is 1.00 bits per heavy atom. The molecule has 3 N–H and O–H groups in total. The van der Waals surface area contributed by atoms with Crippen molar-refractivity contribution < 1.29 is 5.11 Å². The molecule has 3 aromatic rings. The summed E-state index contributed by atoms with van der Waals surface area (Å²) in [6.45, 7) is 0. The maximum atomic E-state index is 10.4. The van der Waals surface area contributed by atoms with E-state index in [1.807, 2.05) is 48.5 Å². The highest BCUT2D eigenvalue weighted by Gasteiger charge is 2.11. The van der Waals surface area contributed by atoms with Crippen LogP contribution in [0.2, 0.25) is 0 Å². The second-order valence-corrected chi connectivity index (χ2v) is 4.87. The summed E-state index contributed by atoms with van der Waals surface area (Å²) in [6.07, 6.45) is 1.55. The number of nitrogens with two attached hydrogens (primary N) is 1. The highest BCUT2D eigenvalue weighted by molar-refractivity contribution is 5.83. The Kier molecular flexibility index (Phi) is 3.35. The number of nitrogen functional groups attached to an aromatic ring is 1. The van der Waals surface area contributed by atoms with Crippen molar-refractivity contribution in [2.24, 2.45) is 0 Å². The molecule has 0 aliphatic heterocycles. The first-order chi connectivity index (χ1) is 9.74. The molecule has 0 amide bonds. The molecule has 20 heavy (non-hydrogen) atoms. The smallest absolute Gasteiger partial charge is 0.126 e. The van der Waals surface area contributed by atoms with E-state index in [9.17, 15) is 5.11 Å². The topological polar surface area (TPSA) is 59.1 Å². The second kappa shape index (κ2) is 5.31. The van der Waals surface area contributed by atoms with Crippen LogP contribution >= 0.6 is 0 Å². The van der Waals surface area contributed by atoms with E-state index in [4.69, 9.17) is 5.73 Å². The van der Waals surface area contributed by atoms with Crippen LogP contribution in [0.15, 0.2) is 60.8 Å². The van der Waals surface area contributed by atoms with Crippen molar-refractivity contribution in [1.29, 1.82) is 0 Å². The van der Waals surface area contributed by atoms with E-state index in [1.54, 1.807) is 6.20 Å². The predicted molar refractivity (Wildman–Crippen MR) is 81.3 cm³/mol. The molecule has 0 saturated carbocycles. The third kappa shape index (κ3) is 2.49. The quantitative estimate of drug-likeness (QED) is 0.764. The van der Waals surface area contributed by atoms with Crippen molar-refractivity contribution >= 4 is 16.6 Å². The van der Waals surface area contributed by atoms with Gasteiger partial charge in [0.1, 0.15) is 5.82 Å². The molecule has 0 fully saturated rings. The van der Waals surface area contributed by atoms with Gasteiger partial charge in [-0.15, -0.1) is 0 Å². The number of rotatable bonds is 3. The largest absolute Gasteiger partial charge is 0.388 e. The van der Waals surface area contributed by atoms with Crippen LogP contribution in [0, 0.1) is 0 Å². The van der Waals surface area contributed by atoms with Crippen molar-refractivity contribution in [3.05, 3.63) is 71.9 Å². The van der Waals surface area contributed by atoms with Gasteiger partial charge >= 0.3 is 0 Å². The monoisotopic (exact) mass is 264 g/mol. The van der Waals surface area contributed by atoms with Crippen LogP contribution in [0.4, 0.5) is 5.82 Å². The second-order valence-electron chi connectivity index (χ2n) is 4.87. The van der Waals surface area contributed by atoms with Crippen LogP contribution in [0.1, 0.15) is 17.2 Å². The number of hydrogen-bond acceptors (Lipinski definition) is 3. The van der Waals surface area contributed by atoms with Crippen molar-refractivity contribution in [3.8, 4) is 0 Å². The summed E-state index contributed by atoms with van der Waals surface area (Å²) in [5.41, 5.74) is 7.58. The van der Waals surface area contributed by atoms with Crippen LogP contribution in [-0.4, -0.2) is 10.1 Å². The number of fused-ring (bicyclic) bond motifs is 1. The lowest BCUT2D eigenvalue weighted by Crippen LogP contribution is -2.05. The molecule has 0 aliphatic carbocycles. The zero-order valence-corrected chi connectivity index (χ0v) is 11.0. The Bertz CT molecular complexity index is 740. The summed E-state index contributed by atoms with van der Waals surface area (Å²) < 4.78 is 0. The first kappa shape index (κ1) is 12.6.